The van der Waals surface area contributed by atoms with Crippen molar-refractivity contribution in [2.75, 3.05) is 17.7 Å². The third kappa shape index (κ3) is 2.79. The van der Waals surface area contributed by atoms with Gasteiger partial charge in [0, 0.05) is 24.6 Å². The number of anilines is 2. The number of carbonyl (C=O) groups is 1. The highest BCUT2D eigenvalue weighted by atomic mass is 16.1. The zero-order valence-corrected chi connectivity index (χ0v) is 12.2. The van der Waals surface area contributed by atoms with E-state index in [4.69, 9.17) is 0 Å². The fraction of sp³-hybridized carbons (Fsp3) is 0.250. The molecule has 1 amide bonds. The molecular weight excluding hydrogens is 250 g/mol. The molecule has 0 saturated carbocycles. The Morgan fingerprint density at radius 3 is 2.60 bits per heavy atom. The van der Waals surface area contributed by atoms with Crippen molar-refractivity contribution in [1.29, 1.82) is 0 Å². The first-order chi connectivity index (χ1) is 9.52. The third-order valence-corrected chi connectivity index (χ3v) is 3.41. The number of amides is 1. The van der Waals surface area contributed by atoms with Gasteiger partial charge < -0.3 is 10.6 Å². The minimum Gasteiger partial charge on any atom is -0.387 e. The molecule has 1 aromatic heterocycles. The van der Waals surface area contributed by atoms with Crippen molar-refractivity contribution in [2.45, 2.75) is 20.8 Å². The first-order valence-corrected chi connectivity index (χ1v) is 6.55. The molecule has 0 radical (unpaired) electrons. The first-order valence-electron chi connectivity index (χ1n) is 6.55. The molecule has 2 rings (SSSR count). The summed E-state index contributed by atoms with van der Waals surface area (Å²) < 4.78 is 0. The number of hydrogen-bond acceptors (Lipinski definition) is 3. The summed E-state index contributed by atoms with van der Waals surface area (Å²) in [7, 11) is 1.80. The zero-order valence-electron chi connectivity index (χ0n) is 12.2. The molecule has 0 unspecified atom stereocenters. The van der Waals surface area contributed by atoms with Crippen molar-refractivity contribution in [3.63, 3.8) is 0 Å². The van der Waals surface area contributed by atoms with Gasteiger partial charge in [0.15, 0.2) is 0 Å². The van der Waals surface area contributed by atoms with Gasteiger partial charge in [0.25, 0.3) is 5.91 Å². The number of carbonyl (C=O) groups excluding carboxylic acids is 1. The second-order valence-corrected chi connectivity index (χ2v) is 4.82. The van der Waals surface area contributed by atoms with Gasteiger partial charge in [-0.1, -0.05) is 12.1 Å². The molecule has 1 aromatic carbocycles. The van der Waals surface area contributed by atoms with Crippen LogP contribution >= 0.6 is 0 Å². The van der Waals surface area contributed by atoms with E-state index in [-0.39, 0.29) is 5.91 Å². The molecule has 2 N–H and O–H groups in total. The second-order valence-electron chi connectivity index (χ2n) is 4.82. The summed E-state index contributed by atoms with van der Waals surface area (Å²) in [5.41, 5.74) is 5.25. The summed E-state index contributed by atoms with van der Waals surface area (Å²) in [6.45, 7) is 5.92. The number of pyridine rings is 1. The minimum absolute atomic E-state index is 0.157. The Bertz CT molecular complexity index is 650. The Morgan fingerprint density at radius 2 is 1.90 bits per heavy atom. The lowest BCUT2D eigenvalue weighted by molar-refractivity contribution is 0.102. The van der Waals surface area contributed by atoms with Crippen LogP contribution in [0.3, 0.4) is 0 Å². The lowest BCUT2D eigenvalue weighted by Gasteiger charge is -2.12. The van der Waals surface area contributed by atoms with Crippen molar-refractivity contribution >= 4 is 17.3 Å². The van der Waals surface area contributed by atoms with Crippen LogP contribution in [-0.2, 0) is 0 Å². The van der Waals surface area contributed by atoms with Crippen LogP contribution in [0, 0.1) is 20.8 Å². The van der Waals surface area contributed by atoms with Gasteiger partial charge in [0.2, 0.25) is 0 Å². The van der Waals surface area contributed by atoms with Crippen molar-refractivity contribution in [3.8, 4) is 0 Å². The van der Waals surface area contributed by atoms with Crippen LogP contribution in [0.4, 0.5) is 11.4 Å². The van der Waals surface area contributed by atoms with Crippen molar-refractivity contribution in [2.24, 2.45) is 0 Å². The first kappa shape index (κ1) is 14.1. The lowest BCUT2D eigenvalue weighted by atomic mass is 10.1. The molecule has 0 saturated heterocycles. The standard InChI is InChI=1S/C16H19N3O/c1-10-6-5-7-14(12(10)3)19-16(20)13-9-18-11(2)8-15(13)17-4/h5-9H,1-4H3,(H,17,18)(H,19,20). The quantitative estimate of drug-likeness (QED) is 0.899. The van der Waals surface area contributed by atoms with E-state index < -0.39 is 0 Å². The highest BCUT2D eigenvalue weighted by Gasteiger charge is 2.13. The molecule has 4 heteroatoms. The summed E-state index contributed by atoms with van der Waals surface area (Å²) in [5.74, 6) is -0.157. The molecule has 0 spiro atoms. The number of nitrogens with one attached hydrogen (secondary N) is 2. The topological polar surface area (TPSA) is 54.0 Å². The molecule has 2 aromatic rings. The maximum absolute atomic E-state index is 12.4. The van der Waals surface area contributed by atoms with E-state index in [1.54, 1.807) is 13.2 Å². The highest BCUT2D eigenvalue weighted by Crippen LogP contribution is 2.21. The SMILES string of the molecule is CNc1cc(C)ncc1C(=O)Nc1cccc(C)c1C. The minimum atomic E-state index is -0.157. The average molecular weight is 269 g/mol. The van der Waals surface area contributed by atoms with E-state index in [0.29, 0.717) is 5.56 Å². The summed E-state index contributed by atoms with van der Waals surface area (Å²) in [4.78, 5) is 16.6. The van der Waals surface area contributed by atoms with Gasteiger partial charge in [-0.3, -0.25) is 9.78 Å². The van der Waals surface area contributed by atoms with Gasteiger partial charge in [-0.15, -0.1) is 0 Å². The third-order valence-electron chi connectivity index (χ3n) is 3.41. The van der Waals surface area contributed by atoms with Gasteiger partial charge in [0.1, 0.15) is 0 Å². The number of aromatic nitrogens is 1. The van der Waals surface area contributed by atoms with Gasteiger partial charge >= 0.3 is 0 Å². The van der Waals surface area contributed by atoms with Crippen LogP contribution in [0.25, 0.3) is 0 Å². The normalized spacial score (nSPS) is 10.2. The second kappa shape index (κ2) is 5.74. The van der Waals surface area contributed by atoms with E-state index in [9.17, 15) is 4.79 Å². The molecule has 4 nitrogen and oxygen atoms in total. The molecular formula is C16H19N3O. The summed E-state index contributed by atoms with van der Waals surface area (Å²) in [6.07, 6.45) is 1.60. The van der Waals surface area contributed by atoms with E-state index in [1.165, 1.54) is 0 Å². The largest absolute Gasteiger partial charge is 0.387 e. The maximum atomic E-state index is 12.4. The number of rotatable bonds is 3. The van der Waals surface area contributed by atoms with Crippen LogP contribution in [-0.4, -0.2) is 17.9 Å². The van der Waals surface area contributed by atoms with Crippen LogP contribution in [0.15, 0.2) is 30.5 Å². The molecule has 20 heavy (non-hydrogen) atoms. The van der Waals surface area contributed by atoms with Crippen LogP contribution in [0.2, 0.25) is 0 Å². The maximum Gasteiger partial charge on any atom is 0.259 e. The number of benzene rings is 1. The van der Waals surface area contributed by atoms with Crippen LogP contribution < -0.4 is 10.6 Å². The van der Waals surface area contributed by atoms with Gasteiger partial charge in [0.05, 0.1) is 11.3 Å². The van der Waals surface area contributed by atoms with E-state index in [0.717, 1.165) is 28.2 Å². The summed E-state index contributed by atoms with van der Waals surface area (Å²) >= 11 is 0. The Kier molecular flexibility index (Phi) is 4.03. The predicted octanol–water partition coefficient (Wildman–Crippen LogP) is 3.30. The van der Waals surface area contributed by atoms with E-state index >= 15 is 0 Å². The molecule has 1 heterocycles. The van der Waals surface area contributed by atoms with Crippen molar-refractivity contribution in [3.05, 3.63) is 52.8 Å². The Balaban J connectivity index is 2.31. The number of aryl methyl sites for hydroxylation is 2. The monoisotopic (exact) mass is 269 g/mol. The average Bonchev–Trinajstić information content (AvgIpc) is 2.43. The highest BCUT2D eigenvalue weighted by molar-refractivity contribution is 6.08. The zero-order chi connectivity index (χ0) is 14.7. The fourth-order valence-corrected chi connectivity index (χ4v) is 2.02. The Hall–Kier alpha value is -2.36. The molecule has 0 bridgehead atoms. The molecule has 0 aliphatic rings. The van der Waals surface area contributed by atoms with Gasteiger partial charge in [-0.25, -0.2) is 0 Å². The van der Waals surface area contributed by atoms with Crippen LogP contribution in [0.5, 0.6) is 0 Å². The summed E-state index contributed by atoms with van der Waals surface area (Å²) in [5, 5.41) is 5.97. The smallest absolute Gasteiger partial charge is 0.259 e. The fourth-order valence-electron chi connectivity index (χ4n) is 2.02. The molecule has 0 atom stereocenters. The Morgan fingerprint density at radius 1 is 1.15 bits per heavy atom. The summed E-state index contributed by atoms with van der Waals surface area (Å²) in [6, 6.07) is 7.72. The molecule has 0 fully saturated rings. The number of hydrogen-bond donors (Lipinski definition) is 2. The van der Waals surface area contributed by atoms with Crippen LogP contribution in [0.1, 0.15) is 27.2 Å². The predicted molar refractivity (Wildman–Crippen MR) is 82.4 cm³/mol. The van der Waals surface area contributed by atoms with E-state index in [2.05, 4.69) is 15.6 Å². The number of nitrogens with zero attached hydrogens (tertiary/aromatic N) is 1. The van der Waals surface area contributed by atoms with E-state index in [1.807, 2.05) is 45.0 Å². The van der Waals surface area contributed by atoms with Gasteiger partial charge in [-0.05, 0) is 44.0 Å². The molecule has 0 aliphatic carbocycles. The van der Waals surface area contributed by atoms with Crippen molar-refractivity contribution in [1.82, 2.24) is 4.98 Å². The molecule has 0 aliphatic heterocycles. The molecule has 104 valence electrons. The lowest BCUT2D eigenvalue weighted by Crippen LogP contribution is -2.15. The van der Waals surface area contributed by atoms with Gasteiger partial charge in [-0.2, -0.15) is 0 Å². The van der Waals surface area contributed by atoms with Crippen molar-refractivity contribution < 1.29 is 4.79 Å². The Labute approximate surface area is 119 Å².